The second-order valence-corrected chi connectivity index (χ2v) is 12.7. The van der Waals surface area contributed by atoms with Crippen LogP contribution in [0.2, 0.25) is 0 Å². The zero-order valence-electron chi connectivity index (χ0n) is 23.6. The molecule has 2 amide bonds. The summed E-state index contributed by atoms with van der Waals surface area (Å²) < 4.78 is 5.55. The Kier molecular flexibility index (Phi) is 7.23. The first kappa shape index (κ1) is 28.6. The molecule has 0 saturated carbocycles. The first-order valence-corrected chi connectivity index (χ1v) is 16.0. The number of aromatic hydroxyl groups is 1. The first-order chi connectivity index (χ1) is 21.3. The zero-order valence-corrected chi connectivity index (χ0v) is 25.9. The minimum atomic E-state index is -0.456. The van der Waals surface area contributed by atoms with Crippen LogP contribution in [-0.4, -0.2) is 47.7 Å². The van der Waals surface area contributed by atoms with Crippen molar-refractivity contribution in [3.05, 3.63) is 93.7 Å². The van der Waals surface area contributed by atoms with Gasteiger partial charge in [-0.05, 0) is 34.0 Å². The minimum absolute atomic E-state index is 0.0941. The highest BCUT2D eigenvalue weighted by Gasteiger charge is 2.38. The van der Waals surface area contributed by atoms with E-state index >= 15 is 0 Å². The van der Waals surface area contributed by atoms with Gasteiger partial charge in [-0.15, -0.1) is 34.5 Å². The number of hydrogen-bond acceptors (Lipinski definition) is 6. The van der Waals surface area contributed by atoms with Crippen molar-refractivity contribution in [1.29, 1.82) is 0 Å². The molecule has 2 aliphatic rings. The molecule has 4 aromatic carbocycles. The quantitative estimate of drug-likeness (QED) is 0.121. The molecule has 3 heterocycles. The van der Waals surface area contributed by atoms with Crippen molar-refractivity contribution in [3.63, 3.8) is 0 Å². The summed E-state index contributed by atoms with van der Waals surface area (Å²) in [5, 5.41) is 14.0. The number of nitrogens with zero attached hydrogens (tertiary/aromatic N) is 2. The van der Waals surface area contributed by atoms with Crippen molar-refractivity contribution >= 4 is 85.2 Å². The van der Waals surface area contributed by atoms with Crippen LogP contribution in [0.4, 0.5) is 11.4 Å². The van der Waals surface area contributed by atoms with Gasteiger partial charge in [-0.2, -0.15) is 0 Å². The molecule has 7 rings (SSSR count). The Bertz CT molecular complexity index is 2010. The lowest BCUT2D eigenvalue weighted by Gasteiger charge is -2.19. The van der Waals surface area contributed by atoms with Gasteiger partial charge >= 0.3 is 5.97 Å². The van der Waals surface area contributed by atoms with Crippen molar-refractivity contribution in [2.24, 2.45) is 0 Å². The van der Waals surface area contributed by atoms with Crippen LogP contribution in [0.15, 0.2) is 72.8 Å². The van der Waals surface area contributed by atoms with Crippen molar-refractivity contribution in [1.82, 2.24) is 0 Å². The highest BCUT2D eigenvalue weighted by molar-refractivity contribution is 7.16. The number of halogens is 2. The Hall–Kier alpha value is -4.11. The molecule has 1 aromatic heterocycles. The predicted molar refractivity (Wildman–Crippen MR) is 175 cm³/mol. The third kappa shape index (κ3) is 4.51. The van der Waals surface area contributed by atoms with E-state index in [1.54, 1.807) is 34.1 Å². The molecule has 0 radical (unpaired) electrons. The number of anilines is 2. The van der Waals surface area contributed by atoms with Crippen molar-refractivity contribution in [3.8, 4) is 11.5 Å². The molecule has 1 N–H and O–H groups in total. The number of rotatable bonds is 5. The number of alkyl halides is 2. The summed E-state index contributed by atoms with van der Waals surface area (Å²) >= 11 is 13.9. The lowest BCUT2D eigenvalue weighted by Crippen LogP contribution is -2.30. The maximum atomic E-state index is 14.0. The molecule has 0 aliphatic carbocycles. The fraction of sp³-hybridized carbons (Fsp3) is 0.206. The molecule has 0 spiro atoms. The molecule has 222 valence electrons. The van der Waals surface area contributed by atoms with Gasteiger partial charge in [0.15, 0.2) is 0 Å². The van der Waals surface area contributed by atoms with Gasteiger partial charge < -0.3 is 19.6 Å². The van der Waals surface area contributed by atoms with E-state index in [4.69, 9.17) is 27.9 Å². The standard InChI is InChI=1S/C34H26Cl2N2O5S/c1-18(39)43-28-13-26-32(24-9-5-3-7-22(24)28)20(15-36)17-38(26)34(42)30-11-10-29(44-30)33(41)37-16-19(14-35)31-23-8-4-2-6-21(23)27(40)12-25(31)37/h2-13,19-20,40H,14-17H2,1H3/t19-,20-/m1/s1. The normalized spacial score (nSPS) is 17.2. The van der Waals surface area contributed by atoms with Crippen LogP contribution in [0, 0.1) is 0 Å². The maximum absolute atomic E-state index is 14.0. The van der Waals surface area contributed by atoms with Crippen LogP contribution in [0.3, 0.4) is 0 Å². The Balaban J connectivity index is 1.23. The number of esters is 1. The number of phenols is 1. The Morgan fingerprint density at radius 3 is 1.77 bits per heavy atom. The Morgan fingerprint density at radius 1 is 0.773 bits per heavy atom. The third-order valence-corrected chi connectivity index (χ3v) is 10.2. The van der Waals surface area contributed by atoms with Gasteiger partial charge in [0.1, 0.15) is 11.5 Å². The van der Waals surface area contributed by atoms with E-state index in [1.807, 2.05) is 48.5 Å². The van der Waals surface area contributed by atoms with Crippen molar-refractivity contribution in [2.45, 2.75) is 18.8 Å². The van der Waals surface area contributed by atoms with Crippen LogP contribution in [0.25, 0.3) is 21.5 Å². The average molecular weight is 646 g/mol. The number of benzene rings is 4. The average Bonchev–Trinajstić information content (AvgIpc) is 3.76. The second-order valence-electron chi connectivity index (χ2n) is 11.0. The van der Waals surface area contributed by atoms with Crippen LogP contribution in [-0.2, 0) is 4.79 Å². The molecule has 7 nitrogen and oxygen atoms in total. The predicted octanol–water partition coefficient (Wildman–Crippen LogP) is 7.65. The Labute approximate surface area is 267 Å². The Morgan fingerprint density at radius 2 is 1.25 bits per heavy atom. The number of ether oxygens (including phenoxy) is 1. The number of hydrogen-bond donors (Lipinski definition) is 1. The molecular formula is C34H26Cl2N2O5S. The summed E-state index contributed by atoms with van der Waals surface area (Å²) in [6.45, 7) is 2.07. The SMILES string of the molecule is CC(=O)Oc1cc2c(c3ccccc13)[C@H](CCl)CN2C(=O)c1ccc(C(=O)N2C[C@@H](CCl)c3c2cc(O)c2ccccc32)s1. The second kappa shape index (κ2) is 11.1. The zero-order chi connectivity index (χ0) is 30.7. The smallest absolute Gasteiger partial charge is 0.308 e. The van der Waals surface area contributed by atoms with Crippen LogP contribution in [0.1, 0.15) is 49.2 Å². The van der Waals surface area contributed by atoms with Gasteiger partial charge in [0.05, 0.1) is 21.1 Å². The van der Waals surface area contributed by atoms with E-state index in [0.717, 1.165) is 38.6 Å². The molecule has 2 aliphatic heterocycles. The largest absolute Gasteiger partial charge is 0.507 e. The van der Waals surface area contributed by atoms with E-state index in [2.05, 4.69) is 0 Å². The molecule has 0 bridgehead atoms. The summed E-state index contributed by atoms with van der Waals surface area (Å²) in [5.41, 5.74) is 3.13. The van der Waals surface area contributed by atoms with Gasteiger partial charge in [-0.1, -0.05) is 48.5 Å². The summed E-state index contributed by atoms with van der Waals surface area (Å²) in [4.78, 5) is 43.9. The van der Waals surface area contributed by atoms with E-state index < -0.39 is 5.97 Å². The topological polar surface area (TPSA) is 87.2 Å². The lowest BCUT2D eigenvalue weighted by atomic mass is 9.95. The van der Waals surface area contributed by atoms with E-state index in [9.17, 15) is 19.5 Å². The summed E-state index contributed by atoms with van der Waals surface area (Å²) in [7, 11) is 0. The summed E-state index contributed by atoms with van der Waals surface area (Å²) in [6.07, 6.45) is 0. The first-order valence-electron chi connectivity index (χ1n) is 14.1. The lowest BCUT2D eigenvalue weighted by molar-refractivity contribution is -0.131. The van der Waals surface area contributed by atoms with E-state index in [-0.39, 0.29) is 29.4 Å². The van der Waals surface area contributed by atoms with Gasteiger partial charge in [0.2, 0.25) is 0 Å². The molecule has 0 unspecified atom stereocenters. The molecular weight excluding hydrogens is 619 g/mol. The highest BCUT2D eigenvalue weighted by atomic mass is 35.5. The fourth-order valence-corrected chi connectivity index (χ4v) is 7.96. The fourth-order valence-electron chi connectivity index (χ4n) is 6.55. The molecule has 5 aromatic rings. The number of carbonyl (C=O) groups excluding carboxylic acids is 3. The number of phenolic OH excluding ortho intramolecular Hbond substituents is 1. The highest BCUT2D eigenvalue weighted by Crippen LogP contribution is 2.48. The van der Waals surface area contributed by atoms with Gasteiger partial charge in [0, 0.05) is 66.5 Å². The molecule has 44 heavy (non-hydrogen) atoms. The minimum Gasteiger partial charge on any atom is -0.507 e. The summed E-state index contributed by atoms with van der Waals surface area (Å²) in [6, 6.07) is 21.8. The van der Waals surface area contributed by atoms with Crippen LogP contribution >= 0.6 is 34.5 Å². The van der Waals surface area contributed by atoms with Crippen molar-refractivity contribution in [2.75, 3.05) is 34.6 Å². The number of fused-ring (bicyclic) bond motifs is 6. The number of thiophene rings is 1. The van der Waals surface area contributed by atoms with Crippen LogP contribution < -0.4 is 14.5 Å². The van der Waals surface area contributed by atoms with Gasteiger partial charge in [-0.3, -0.25) is 14.4 Å². The maximum Gasteiger partial charge on any atom is 0.308 e. The van der Waals surface area contributed by atoms with E-state index in [0.29, 0.717) is 57.1 Å². The van der Waals surface area contributed by atoms with Gasteiger partial charge in [-0.25, -0.2) is 0 Å². The van der Waals surface area contributed by atoms with E-state index in [1.165, 1.54) is 6.92 Å². The van der Waals surface area contributed by atoms with Crippen molar-refractivity contribution < 1.29 is 24.2 Å². The third-order valence-electron chi connectivity index (χ3n) is 8.42. The van der Waals surface area contributed by atoms with Crippen LogP contribution in [0.5, 0.6) is 11.5 Å². The summed E-state index contributed by atoms with van der Waals surface area (Å²) in [5.74, 6) is -0.115. The number of amides is 2. The molecule has 0 saturated heterocycles. The molecule has 0 fully saturated rings. The van der Waals surface area contributed by atoms with Gasteiger partial charge in [0.25, 0.3) is 11.8 Å². The monoisotopic (exact) mass is 644 g/mol. The molecule has 10 heteroatoms. The number of carbonyl (C=O) groups is 3. The molecule has 2 atom stereocenters.